The van der Waals surface area contributed by atoms with Crippen molar-refractivity contribution < 1.29 is 40.3 Å². The molecule has 2 aromatic carbocycles. The van der Waals surface area contributed by atoms with Crippen LogP contribution in [0.3, 0.4) is 0 Å². The fourth-order valence-electron chi connectivity index (χ4n) is 5.86. The van der Waals surface area contributed by atoms with E-state index in [1.165, 1.54) is 19.2 Å². The van der Waals surface area contributed by atoms with Gasteiger partial charge in [-0.1, -0.05) is 19.9 Å². The van der Waals surface area contributed by atoms with Crippen LogP contribution in [0.5, 0.6) is 0 Å². The molecule has 1 heterocycles. The fraction of sp³-hybridized carbons (Fsp3) is 0.484. The maximum Gasteiger partial charge on any atom is 0.416 e. The van der Waals surface area contributed by atoms with E-state index in [4.69, 9.17) is 0 Å². The summed E-state index contributed by atoms with van der Waals surface area (Å²) in [6.45, 7) is 5.80. The summed E-state index contributed by atoms with van der Waals surface area (Å²) in [7, 11) is 1.35. The summed E-state index contributed by atoms with van der Waals surface area (Å²) in [4.78, 5) is 29.6. The van der Waals surface area contributed by atoms with Crippen molar-refractivity contribution in [1.82, 2.24) is 9.80 Å². The highest BCUT2D eigenvalue weighted by atomic mass is 19.4. The molecule has 228 valence electrons. The minimum atomic E-state index is -5.00. The number of hydrogen-bond donors (Lipinski definition) is 0. The molecule has 0 bridgehead atoms. The molecule has 0 N–H and O–H groups in total. The van der Waals surface area contributed by atoms with Gasteiger partial charge in [0.2, 0.25) is 5.91 Å². The summed E-state index contributed by atoms with van der Waals surface area (Å²) in [5.74, 6) is -2.00. The lowest BCUT2D eigenvalue weighted by molar-refractivity contribution is -0.143. The van der Waals surface area contributed by atoms with Gasteiger partial charge < -0.3 is 9.80 Å². The zero-order valence-electron chi connectivity index (χ0n) is 23.8. The first-order valence-corrected chi connectivity index (χ1v) is 13.7. The van der Waals surface area contributed by atoms with Crippen molar-refractivity contribution >= 4 is 11.7 Å². The second kappa shape index (κ2) is 11.4. The predicted molar refractivity (Wildman–Crippen MR) is 143 cm³/mol. The monoisotopic (exact) mass is 598 g/mol. The van der Waals surface area contributed by atoms with Gasteiger partial charge in [0.1, 0.15) is 5.82 Å². The molecule has 42 heavy (non-hydrogen) atoms. The number of nitrogens with zero attached hydrogens (tertiary/aromatic N) is 2. The number of likely N-dealkylation sites (tertiary alicyclic amines) is 1. The standard InChI is InChI=1S/C31H33F7N2O2/c1-18-11-22(32)5-6-24(18)26-17-40(23-7-9-29(2,3)27(41)15-23)10-8-25(26)28(42)39(4)16-19-12-20(30(33,34)35)14-21(13-19)31(36,37)38/h5-6,11-15,25-26H,7-10,16-17H2,1-4H3/t25-,26+/m1/s1. The molecule has 0 aromatic heterocycles. The Kier molecular flexibility index (Phi) is 8.55. The lowest BCUT2D eigenvalue weighted by Gasteiger charge is -2.43. The SMILES string of the molecule is Cc1cc(F)ccc1[C@@H]1CN(C2=CC(=O)C(C)(C)CC2)CC[C@H]1C(=O)N(C)Cc1cc(C(F)(F)F)cc(C(F)(F)F)c1. The van der Waals surface area contributed by atoms with Gasteiger partial charge in [-0.3, -0.25) is 9.59 Å². The average Bonchev–Trinajstić information content (AvgIpc) is 2.88. The van der Waals surface area contributed by atoms with Gasteiger partial charge in [-0.2, -0.15) is 26.3 Å². The van der Waals surface area contributed by atoms with Crippen molar-refractivity contribution in [3.63, 3.8) is 0 Å². The van der Waals surface area contributed by atoms with Crippen LogP contribution in [0.15, 0.2) is 48.2 Å². The van der Waals surface area contributed by atoms with Gasteiger partial charge in [-0.15, -0.1) is 0 Å². The Hall–Kier alpha value is -3.37. The Morgan fingerprint density at radius 3 is 2.19 bits per heavy atom. The molecule has 2 aliphatic rings. The van der Waals surface area contributed by atoms with Crippen LogP contribution >= 0.6 is 0 Å². The molecular formula is C31H33F7N2O2. The Bertz CT molecular complexity index is 1360. The zero-order valence-corrected chi connectivity index (χ0v) is 23.8. The highest BCUT2D eigenvalue weighted by Crippen LogP contribution is 2.41. The fourth-order valence-corrected chi connectivity index (χ4v) is 5.86. The number of carbonyl (C=O) groups is 2. The van der Waals surface area contributed by atoms with Crippen molar-refractivity contribution in [2.75, 3.05) is 20.1 Å². The van der Waals surface area contributed by atoms with Crippen molar-refractivity contribution in [3.05, 3.63) is 81.8 Å². The molecule has 1 aliphatic carbocycles. The van der Waals surface area contributed by atoms with Gasteiger partial charge in [-0.05, 0) is 73.2 Å². The highest BCUT2D eigenvalue weighted by molar-refractivity contribution is 5.95. The second-order valence-corrected chi connectivity index (χ2v) is 11.9. The first kappa shape index (κ1) is 31.6. The third kappa shape index (κ3) is 6.81. The molecule has 4 nitrogen and oxygen atoms in total. The number of benzene rings is 2. The van der Waals surface area contributed by atoms with E-state index in [0.29, 0.717) is 55.6 Å². The van der Waals surface area contributed by atoms with Crippen molar-refractivity contribution in [2.45, 2.75) is 64.8 Å². The van der Waals surface area contributed by atoms with E-state index < -0.39 is 59.0 Å². The van der Waals surface area contributed by atoms with Crippen molar-refractivity contribution in [3.8, 4) is 0 Å². The number of alkyl halides is 6. The molecule has 2 atom stereocenters. The van der Waals surface area contributed by atoms with Gasteiger partial charge >= 0.3 is 12.4 Å². The molecule has 1 saturated heterocycles. The Morgan fingerprint density at radius 2 is 1.64 bits per heavy atom. The lowest BCUT2D eigenvalue weighted by Crippen LogP contribution is -2.46. The van der Waals surface area contributed by atoms with Crippen LogP contribution in [0.4, 0.5) is 30.7 Å². The zero-order chi connectivity index (χ0) is 31.2. The number of allylic oxidation sites excluding steroid dienone is 2. The molecule has 0 saturated carbocycles. The highest BCUT2D eigenvalue weighted by Gasteiger charge is 2.41. The minimum absolute atomic E-state index is 0.00973. The summed E-state index contributed by atoms with van der Waals surface area (Å²) in [5.41, 5.74) is -1.47. The summed E-state index contributed by atoms with van der Waals surface area (Å²) in [5, 5.41) is 0. The minimum Gasteiger partial charge on any atom is -0.374 e. The Morgan fingerprint density at radius 1 is 1.02 bits per heavy atom. The largest absolute Gasteiger partial charge is 0.416 e. The summed E-state index contributed by atoms with van der Waals surface area (Å²) >= 11 is 0. The van der Waals surface area contributed by atoms with E-state index in [1.54, 1.807) is 19.1 Å². The molecule has 0 radical (unpaired) electrons. The van der Waals surface area contributed by atoms with Crippen molar-refractivity contribution in [2.24, 2.45) is 11.3 Å². The molecular weight excluding hydrogens is 565 g/mol. The van der Waals surface area contributed by atoms with E-state index in [2.05, 4.69) is 0 Å². The smallest absolute Gasteiger partial charge is 0.374 e. The van der Waals surface area contributed by atoms with E-state index in [-0.39, 0.29) is 17.4 Å². The van der Waals surface area contributed by atoms with Crippen LogP contribution < -0.4 is 0 Å². The third-order valence-corrected chi connectivity index (χ3v) is 8.38. The first-order valence-electron chi connectivity index (χ1n) is 13.7. The molecule has 1 fully saturated rings. The molecule has 2 aromatic rings. The first-order chi connectivity index (χ1) is 19.4. The van der Waals surface area contributed by atoms with Crippen LogP contribution in [-0.4, -0.2) is 41.6 Å². The number of carbonyl (C=O) groups excluding carboxylic acids is 2. The van der Waals surface area contributed by atoms with Gasteiger partial charge in [0, 0.05) is 55.7 Å². The quantitative estimate of drug-likeness (QED) is 0.335. The van der Waals surface area contributed by atoms with Gasteiger partial charge in [0.25, 0.3) is 0 Å². The average molecular weight is 599 g/mol. The molecule has 4 rings (SSSR count). The van der Waals surface area contributed by atoms with Crippen LogP contribution in [0.1, 0.15) is 66.8 Å². The maximum atomic E-state index is 14.0. The third-order valence-electron chi connectivity index (χ3n) is 8.38. The van der Waals surface area contributed by atoms with E-state index in [1.807, 2.05) is 18.7 Å². The summed E-state index contributed by atoms with van der Waals surface area (Å²) < 4.78 is 94.2. The number of halogens is 7. The number of ketones is 1. The Balaban J connectivity index is 1.63. The van der Waals surface area contributed by atoms with E-state index in [0.717, 1.165) is 10.6 Å². The van der Waals surface area contributed by atoms with E-state index in [9.17, 15) is 40.3 Å². The summed E-state index contributed by atoms with van der Waals surface area (Å²) in [6.07, 6.45) is -6.70. The normalized spacial score (nSPS) is 21.3. The van der Waals surface area contributed by atoms with Crippen LogP contribution in [0.2, 0.25) is 0 Å². The van der Waals surface area contributed by atoms with Gasteiger partial charge in [0.15, 0.2) is 5.78 Å². The molecule has 1 aliphatic heterocycles. The molecule has 1 amide bonds. The summed E-state index contributed by atoms with van der Waals surface area (Å²) in [6, 6.07) is 5.55. The van der Waals surface area contributed by atoms with Crippen LogP contribution in [-0.2, 0) is 28.5 Å². The predicted octanol–water partition coefficient (Wildman–Crippen LogP) is 7.51. The molecule has 11 heteroatoms. The number of rotatable bonds is 5. The number of hydrogen-bond acceptors (Lipinski definition) is 3. The number of aryl methyl sites for hydroxylation is 1. The van der Waals surface area contributed by atoms with Crippen molar-refractivity contribution in [1.29, 1.82) is 0 Å². The van der Waals surface area contributed by atoms with Gasteiger partial charge in [0.05, 0.1) is 11.1 Å². The molecule has 0 unspecified atom stereocenters. The lowest BCUT2D eigenvalue weighted by atomic mass is 9.76. The Labute approximate surface area is 240 Å². The topological polar surface area (TPSA) is 40.6 Å². The second-order valence-electron chi connectivity index (χ2n) is 11.9. The van der Waals surface area contributed by atoms with E-state index >= 15 is 0 Å². The van der Waals surface area contributed by atoms with Gasteiger partial charge in [-0.25, -0.2) is 4.39 Å². The number of piperidine rings is 1. The van der Waals surface area contributed by atoms with Crippen LogP contribution in [0, 0.1) is 24.1 Å². The number of amides is 1. The molecule has 0 spiro atoms. The maximum absolute atomic E-state index is 14.0. The van der Waals surface area contributed by atoms with Crippen LogP contribution in [0.25, 0.3) is 0 Å².